The Labute approximate surface area is 169 Å². The molecule has 4 nitrogen and oxygen atoms in total. The number of rotatable bonds is 4. The van der Waals surface area contributed by atoms with Crippen molar-refractivity contribution in [2.45, 2.75) is 42.4 Å². The van der Waals surface area contributed by atoms with Crippen molar-refractivity contribution in [1.82, 2.24) is 0 Å². The Hall–Kier alpha value is -2.44. The zero-order valence-electron chi connectivity index (χ0n) is 15.6. The van der Waals surface area contributed by atoms with Gasteiger partial charge in [0.15, 0.2) is 0 Å². The molecular formula is C22H21NO3S2. The van der Waals surface area contributed by atoms with Crippen LogP contribution in [0.1, 0.15) is 39.2 Å². The molecule has 144 valence electrons. The zero-order valence-corrected chi connectivity index (χ0v) is 17.2. The largest absolute Gasteiger partial charge is 0.312 e. The molecule has 1 aliphatic carbocycles. The van der Waals surface area contributed by atoms with Gasteiger partial charge in [0.05, 0.1) is 4.90 Å². The molecule has 0 saturated carbocycles. The van der Waals surface area contributed by atoms with Gasteiger partial charge in [-0.1, -0.05) is 35.9 Å². The van der Waals surface area contributed by atoms with E-state index < -0.39 is 9.84 Å². The number of nitrogens with one attached hydrogen (secondary N) is 1. The Morgan fingerprint density at radius 2 is 1.64 bits per heavy atom. The van der Waals surface area contributed by atoms with Crippen LogP contribution in [-0.2, 0) is 22.7 Å². The van der Waals surface area contributed by atoms with Gasteiger partial charge in [-0.25, -0.2) is 8.42 Å². The number of carbonyl (C=O) groups is 1. The fraction of sp³-hybridized carbons (Fsp3) is 0.227. The van der Waals surface area contributed by atoms with E-state index in [4.69, 9.17) is 0 Å². The van der Waals surface area contributed by atoms with Gasteiger partial charge in [-0.2, -0.15) is 0 Å². The number of hydrogen-bond acceptors (Lipinski definition) is 4. The quantitative estimate of drug-likeness (QED) is 0.656. The Bertz CT molecular complexity index is 1110. The first kappa shape index (κ1) is 18.9. The van der Waals surface area contributed by atoms with Gasteiger partial charge in [0.2, 0.25) is 9.84 Å². The Morgan fingerprint density at radius 3 is 2.36 bits per heavy atom. The fourth-order valence-electron chi connectivity index (χ4n) is 3.50. The average Bonchev–Trinajstić information content (AvgIpc) is 3.07. The van der Waals surface area contributed by atoms with E-state index in [1.165, 1.54) is 11.3 Å². The first-order chi connectivity index (χ1) is 13.5. The monoisotopic (exact) mass is 411 g/mol. The highest BCUT2D eigenvalue weighted by molar-refractivity contribution is 7.92. The van der Waals surface area contributed by atoms with Crippen LogP contribution >= 0.6 is 11.3 Å². The third-order valence-corrected chi connectivity index (χ3v) is 8.20. The molecule has 0 saturated heterocycles. The summed E-state index contributed by atoms with van der Waals surface area (Å²) in [4.78, 5) is 14.3. The molecule has 0 atom stereocenters. The molecule has 2 aromatic carbocycles. The standard InChI is InChI=1S/C22H21NO3S2/c1-15-11-13-17(14-12-15)28(25,26)20-18-9-5-6-10-19(18)27-22(20)23-21(24)16-7-3-2-4-8-16/h2-4,7-8,11-14H,5-6,9-10H2,1H3,(H,23,24). The van der Waals surface area contributed by atoms with Crippen molar-refractivity contribution < 1.29 is 13.2 Å². The lowest BCUT2D eigenvalue weighted by molar-refractivity contribution is 0.102. The molecule has 4 rings (SSSR count). The highest BCUT2D eigenvalue weighted by atomic mass is 32.2. The molecule has 0 fully saturated rings. The van der Waals surface area contributed by atoms with E-state index >= 15 is 0 Å². The van der Waals surface area contributed by atoms with Crippen LogP contribution in [0.15, 0.2) is 64.4 Å². The maximum Gasteiger partial charge on any atom is 0.256 e. The van der Waals surface area contributed by atoms with Gasteiger partial charge < -0.3 is 5.32 Å². The number of carbonyl (C=O) groups excluding carboxylic acids is 1. The lowest BCUT2D eigenvalue weighted by Gasteiger charge is -2.14. The van der Waals surface area contributed by atoms with E-state index in [0.717, 1.165) is 41.7 Å². The summed E-state index contributed by atoms with van der Waals surface area (Å²) >= 11 is 1.40. The first-order valence-corrected chi connectivity index (χ1v) is 11.6. The van der Waals surface area contributed by atoms with Crippen molar-refractivity contribution in [3.63, 3.8) is 0 Å². The van der Waals surface area contributed by atoms with Crippen molar-refractivity contribution in [2.75, 3.05) is 5.32 Å². The number of thiophene rings is 1. The van der Waals surface area contributed by atoms with Gasteiger partial charge in [-0.15, -0.1) is 11.3 Å². The minimum Gasteiger partial charge on any atom is -0.312 e. The second-order valence-corrected chi connectivity index (χ2v) is 10.00. The van der Waals surface area contributed by atoms with Crippen LogP contribution in [0.3, 0.4) is 0 Å². The van der Waals surface area contributed by atoms with Crippen LogP contribution in [0.5, 0.6) is 0 Å². The van der Waals surface area contributed by atoms with Gasteiger partial charge in [0.1, 0.15) is 9.90 Å². The highest BCUT2D eigenvalue weighted by Gasteiger charge is 2.31. The number of fused-ring (bicyclic) bond motifs is 1. The van der Waals surface area contributed by atoms with E-state index in [0.29, 0.717) is 10.6 Å². The predicted molar refractivity (Wildman–Crippen MR) is 112 cm³/mol. The Kier molecular flexibility index (Phi) is 5.08. The fourth-order valence-corrected chi connectivity index (χ4v) is 6.78. The summed E-state index contributed by atoms with van der Waals surface area (Å²) in [7, 11) is -3.72. The number of aryl methyl sites for hydroxylation is 2. The first-order valence-electron chi connectivity index (χ1n) is 9.29. The lowest BCUT2D eigenvalue weighted by Crippen LogP contribution is -2.14. The van der Waals surface area contributed by atoms with Crippen LogP contribution in [0, 0.1) is 6.92 Å². The second-order valence-electron chi connectivity index (χ2n) is 7.01. The summed E-state index contributed by atoms with van der Waals surface area (Å²) in [6.45, 7) is 1.92. The molecule has 3 aromatic rings. The van der Waals surface area contributed by atoms with Crippen molar-refractivity contribution in [1.29, 1.82) is 0 Å². The van der Waals surface area contributed by atoms with Gasteiger partial charge >= 0.3 is 0 Å². The molecule has 1 heterocycles. The van der Waals surface area contributed by atoms with Gasteiger partial charge in [-0.05, 0) is 62.4 Å². The molecule has 0 radical (unpaired) electrons. The molecule has 0 unspecified atom stereocenters. The number of hydrogen-bond donors (Lipinski definition) is 1. The lowest BCUT2D eigenvalue weighted by atomic mass is 9.99. The third kappa shape index (κ3) is 3.50. The Balaban J connectivity index is 1.80. The molecule has 0 aliphatic heterocycles. The Morgan fingerprint density at radius 1 is 0.964 bits per heavy atom. The van der Waals surface area contributed by atoms with Crippen LogP contribution < -0.4 is 5.32 Å². The summed E-state index contributed by atoms with van der Waals surface area (Å²) in [6.07, 6.45) is 3.60. The maximum atomic E-state index is 13.5. The van der Waals surface area contributed by atoms with E-state index in [-0.39, 0.29) is 15.7 Å². The second kappa shape index (κ2) is 7.53. The summed E-state index contributed by atoms with van der Waals surface area (Å²) in [6, 6.07) is 15.7. The smallest absolute Gasteiger partial charge is 0.256 e. The van der Waals surface area contributed by atoms with Crippen molar-refractivity contribution in [3.05, 3.63) is 76.2 Å². The summed E-state index contributed by atoms with van der Waals surface area (Å²) in [5.41, 5.74) is 2.39. The van der Waals surface area contributed by atoms with Gasteiger partial charge in [0, 0.05) is 10.4 Å². The summed E-state index contributed by atoms with van der Waals surface area (Å²) < 4.78 is 26.9. The van der Waals surface area contributed by atoms with E-state index in [9.17, 15) is 13.2 Å². The zero-order chi connectivity index (χ0) is 19.7. The van der Waals surface area contributed by atoms with Gasteiger partial charge in [0.25, 0.3) is 5.91 Å². The van der Waals surface area contributed by atoms with Crippen LogP contribution in [-0.4, -0.2) is 14.3 Å². The van der Waals surface area contributed by atoms with Crippen molar-refractivity contribution in [3.8, 4) is 0 Å². The molecule has 0 bridgehead atoms. The molecule has 1 N–H and O–H groups in total. The van der Waals surface area contributed by atoms with E-state index in [1.54, 1.807) is 48.5 Å². The van der Waals surface area contributed by atoms with E-state index in [2.05, 4.69) is 5.32 Å². The van der Waals surface area contributed by atoms with Crippen LogP contribution in [0.25, 0.3) is 0 Å². The minimum atomic E-state index is -3.72. The molecule has 28 heavy (non-hydrogen) atoms. The topological polar surface area (TPSA) is 63.2 Å². The molecule has 1 aromatic heterocycles. The van der Waals surface area contributed by atoms with Gasteiger partial charge in [-0.3, -0.25) is 4.79 Å². The molecule has 1 amide bonds. The number of amides is 1. The van der Waals surface area contributed by atoms with E-state index in [1.807, 2.05) is 13.0 Å². The number of benzene rings is 2. The number of anilines is 1. The summed E-state index contributed by atoms with van der Waals surface area (Å²) in [5.74, 6) is -0.292. The SMILES string of the molecule is Cc1ccc(S(=O)(=O)c2c(NC(=O)c3ccccc3)sc3c2CCCC3)cc1. The summed E-state index contributed by atoms with van der Waals surface area (Å²) in [5, 5.41) is 3.30. The number of sulfone groups is 1. The molecule has 0 spiro atoms. The third-order valence-electron chi connectivity index (χ3n) is 4.99. The maximum absolute atomic E-state index is 13.5. The minimum absolute atomic E-state index is 0.263. The normalized spacial score (nSPS) is 13.8. The van der Waals surface area contributed by atoms with Crippen molar-refractivity contribution in [2.24, 2.45) is 0 Å². The average molecular weight is 412 g/mol. The molecule has 6 heteroatoms. The molecular weight excluding hydrogens is 390 g/mol. The van der Waals surface area contributed by atoms with Crippen LogP contribution in [0.2, 0.25) is 0 Å². The predicted octanol–water partition coefficient (Wildman–Crippen LogP) is 5.02. The highest BCUT2D eigenvalue weighted by Crippen LogP contribution is 2.43. The van der Waals surface area contributed by atoms with Crippen molar-refractivity contribution >= 4 is 32.1 Å². The molecule has 1 aliphatic rings. The van der Waals surface area contributed by atoms with Crippen LogP contribution in [0.4, 0.5) is 5.00 Å².